The molecule has 0 aliphatic heterocycles. The summed E-state index contributed by atoms with van der Waals surface area (Å²) in [6.45, 7) is 4.89. The van der Waals surface area contributed by atoms with Crippen LogP contribution in [0.2, 0.25) is 0 Å². The number of rotatable bonds is 55. The van der Waals surface area contributed by atoms with Crippen LogP contribution in [0.4, 0.5) is 0 Å². The lowest BCUT2D eigenvalue weighted by Gasteiger charge is -2.22. The van der Waals surface area contributed by atoms with Gasteiger partial charge in [-0.1, -0.05) is 255 Å². The summed E-state index contributed by atoms with van der Waals surface area (Å²) in [5, 5.41) is 23.3. The molecule has 398 valence electrons. The molecule has 2 unspecified atom stereocenters. The number of hydrogen-bond donors (Lipinski definition) is 3. The number of esters is 1. The summed E-state index contributed by atoms with van der Waals surface area (Å²) < 4.78 is 5.46. The molecule has 6 nitrogen and oxygen atoms in total. The minimum absolute atomic E-state index is 0.0213. The van der Waals surface area contributed by atoms with E-state index in [-0.39, 0.29) is 18.5 Å². The summed E-state index contributed by atoms with van der Waals surface area (Å²) in [4.78, 5) is 24.5. The quantitative estimate of drug-likeness (QED) is 0.0244. The van der Waals surface area contributed by atoms with E-state index in [0.717, 1.165) is 77.0 Å². The highest BCUT2D eigenvalue weighted by atomic mass is 16.5. The average molecular weight is 955 g/mol. The molecule has 0 saturated heterocycles. The average Bonchev–Trinajstić information content (AvgIpc) is 3.34. The number of amides is 1. The molecule has 0 aliphatic rings. The van der Waals surface area contributed by atoms with E-state index >= 15 is 0 Å². The number of hydrogen-bond acceptors (Lipinski definition) is 5. The van der Waals surface area contributed by atoms with Gasteiger partial charge in [-0.3, -0.25) is 9.59 Å². The number of carbonyl (C=O) groups excluding carboxylic acids is 2. The van der Waals surface area contributed by atoms with Crippen LogP contribution < -0.4 is 5.32 Å². The topological polar surface area (TPSA) is 95.9 Å². The van der Waals surface area contributed by atoms with Gasteiger partial charge < -0.3 is 20.3 Å². The maximum Gasteiger partial charge on any atom is 0.305 e. The Hall–Kier alpha value is -2.18. The molecule has 3 N–H and O–H groups in total. The van der Waals surface area contributed by atoms with Crippen LogP contribution in [0.15, 0.2) is 48.6 Å². The van der Waals surface area contributed by atoms with Gasteiger partial charge in [-0.05, 0) is 89.9 Å². The standard InChI is InChI=1S/C62H115NO5/c1-3-5-7-9-11-13-15-17-19-23-28-32-36-40-44-48-52-56-62(67)68-57-53-49-45-41-37-33-29-25-22-20-21-24-27-31-35-39-43-47-51-55-61(66)63-59(58-64)60(65)54-50-46-42-38-34-30-26-18-16-14-12-10-8-6-4-2/h11,13,17,19,25,29,33,37,59-60,64-65H,3-10,12,14-16,18,20-24,26-28,30-32,34-36,38-58H2,1-2H3,(H,63,66)/b13-11-,19-17-,29-25-,37-33-. The van der Waals surface area contributed by atoms with E-state index in [4.69, 9.17) is 4.74 Å². The van der Waals surface area contributed by atoms with Gasteiger partial charge in [0, 0.05) is 12.8 Å². The van der Waals surface area contributed by atoms with E-state index in [0.29, 0.717) is 25.9 Å². The van der Waals surface area contributed by atoms with Crippen molar-refractivity contribution in [1.82, 2.24) is 5.32 Å². The first kappa shape index (κ1) is 65.8. The zero-order chi connectivity index (χ0) is 49.3. The Morgan fingerprint density at radius 2 is 0.779 bits per heavy atom. The SMILES string of the molecule is CCCCC/C=C\C/C=C\CCCCCCCCCC(=O)OCCCCC/C=C\C=C/CCCCCCCCCCCCC(=O)NC(CO)C(O)CCCCCCCCCCCCCCCCC. The Bertz CT molecular complexity index is 1150. The Balaban J connectivity index is 3.48. The molecule has 0 bridgehead atoms. The summed E-state index contributed by atoms with van der Waals surface area (Å²) >= 11 is 0. The third-order valence-corrected chi connectivity index (χ3v) is 13.6. The van der Waals surface area contributed by atoms with Crippen molar-refractivity contribution >= 4 is 11.9 Å². The number of aliphatic hydroxyl groups is 2. The molecule has 0 fully saturated rings. The van der Waals surface area contributed by atoms with Crippen LogP contribution in [0.3, 0.4) is 0 Å². The second-order valence-corrected chi connectivity index (χ2v) is 20.4. The van der Waals surface area contributed by atoms with Crippen LogP contribution in [0, 0.1) is 0 Å². The van der Waals surface area contributed by atoms with Gasteiger partial charge >= 0.3 is 5.97 Å². The van der Waals surface area contributed by atoms with Crippen molar-refractivity contribution in [3.63, 3.8) is 0 Å². The van der Waals surface area contributed by atoms with Gasteiger partial charge in [-0.25, -0.2) is 0 Å². The van der Waals surface area contributed by atoms with E-state index in [9.17, 15) is 19.8 Å². The van der Waals surface area contributed by atoms with E-state index in [1.54, 1.807) is 0 Å². The van der Waals surface area contributed by atoms with Crippen molar-refractivity contribution in [1.29, 1.82) is 0 Å². The Morgan fingerprint density at radius 3 is 1.24 bits per heavy atom. The van der Waals surface area contributed by atoms with Gasteiger partial charge in [0.1, 0.15) is 0 Å². The number of allylic oxidation sites excluding steroid dienone is 8. The van der Waals surface area contributed by atoms with Gasteiger partial charge in [0.15, 0.2) is 0 Å². The van der Waals surface area contributed by atoms with Crippen molar-refractivity contribution in [2.24, 2.45) is 0 Å². The molecule has 68 heavy (non-hydrogen) atoms. The molecule has 6 heteroatoms. The van der Waals surface area contributed by atoms with Gasteiger partial charge in [-0.15, -0.1) is 0 Å². The van der Waals surface area contributed by atoms with Crippen LogP contribution >= 0.6 is 0 Å². The third-order valence-electron chi connectivity index (χ3n) is 13.6. The number of aliphatic hydroxyl groups excluding tert-OH is 2. The maximum absolute atomic E-state index is 12.5. The normalized spacial score (nSPS) is 12.9. The molecule has 0 aromatic heterocycles. The van der Waals surface area contributed by atoms with E-state index in [2.05, 4.69) is 67.8 Å². The molecule has 0 aromatic rings. The van der Waals surface area contributed by atoms with Crippen LogP contribution in [0.25, 0.3) is 0 Å². The summed E-state index contributed by atoms with van der Waals surface area (Å²) in [6, 6.07) is -0.550. The molecule has 2 atom stereocenters. The lowest BCUT2D eigenvalue weighted by Crippen LogP contribution is -2.45. The molecule has 0 aromatic carbocycles. The fourth-order valence-corrected chi connectivity index (χ4v) is 9.01. The molecule has 0 spiro atoms. The van der Waals surface area contributed by atoms with Gasteiger partial charge in [0.25, 0.3) is 0 Å². The van der Waals surface area contributed by atoms with Crippen LogP contribution in [-0.2, 0) is 14.3 Å². The Morgan fingerprint density at radius 1 is 0.426 bits per heavy atom. The zero-order valence-electron chi connectivity index (χ0n) is 45.3. The van der Waals surface area contributed by atoms with E-state index in [1.165, 1.54) is 199 Å². The lowest BCUT2D eigenvalue weighted by molar-refractivity contribution is -0.143. The summed E-state index contributed by atoms with van der Waals surface area (Å²) in [5.41, 5.74) is 0. The maximum atomic E-state index is 12.5. The molecule has 0 saturated carbocycles. The molecule has 0 radical (unpaired) electrons. The number of carbonyl (C=O) groups is 2. The first-order valence-corrected chi connectivity index (χ1v) is 29.9. The number of ether oxygens (including phenoxy) is 1. The minimum Gasteiger partial charge on any atom is -0.466 e. The first-order valence-electron chi connectivity index (χ1n) is 29.9. The van der Waals surface area contributed by atoms with Crippen molar-refractivity contribution in [2.45, 2.75) is 321 Å². The second-order valence-electron chi connectivity index (χ2n) is 20.4. The van der Waals surface area contributed by atoms with Gasteiger partial charge in [-0.2, -0.15) is 0 Å². The largest absolute Gasteiger partial charge is 0.466 e. The zero-order valence-corrected chi connectivity index (χ0v) is 45.3. The summed E-state index contributed by atoms with van der Waals surface area (Å²) in [6.07, 6.45) is 72.5. The minimum atomic E-state index is -0.672. The molecule has 0 heterocycles. The predicted octanol–water partition coefficient (Wildman–Crippen LogP) is 18.6. The summed E-state index contributed by atoms with van der Waals surface area (Å²) in [5.74, 6) is -0.0659. The smallest absolute Gasteiger partial charge is 0.305 e. The monoisotopic (exact) mass is 954 g/mol. The first-order chi connectivity index (χ1) is 33.5. The predicted molar refractivity (Wildman–Crippen MR) is 296 cm³/mol. The molecular weight excluding hydrogens is 839 g/mol. The molecule has 1 amide bonds. The highest BCUT2D eigenvalue weighted by Gasteiger charge is 2.20. The summed E-state index contributed by atoms with van der Waals surface area (Å²) in [7, 11) is 0. The Kier molecular flexibility index (Phi) is 55.6. The van der Waals surface area contributed by atoms with Crippen LogP contribution in [0.5, 0.6) is 0 Å². The van der Waals surface area contributed by atoms with Crippen molar-refractivity contribution in [2.75, 3.05) is 13.2 Å². The number of unbranched alkanes of at least 4 members (excludes halogenated alkanes) is 37. The fourth-order valence-electron chi connectivity index (χ4n) is 9.01. The van der Waals surface area contributed by atoms with Crippen LogP contribution in [0.1, 0.15) is 309 Å². The van der Waals surface area contributed by atoms with Crippen molar-refractivity contribution < 1.29 is 24.5 Å². The molecule has 0 aliphatic carbocycles. The van der Waals surface area contributed by atoms with Gasteiger partial charge in [0.2, 0.25) is 5.91 Å². The third kappa shape index (κ3) is 53.2. The lowest BCUT2D eigenvalue weighted by atomic mass is 10.0. The highest BCUT2D eigenvalue weighted by Crippen LogP contribution is 2.17. The second kappa shape index (κ2) is 57.4. The van der Waals surface area contributed by atoms with E-state index < -0.39 is 12.1 Å². The van der Waals surface area contributed by atoms with Crippen LogP contribution in [-0.4, -0.2) is 47.4 Å². The molecular formula is C62H115NO5. The number of nitrogens with one attached hydrogen (secondary N) is 1. The van der Waals surface area contributed by atoms with Crippen molar-refractivity contribution in [3.8, 4) is 0 Å². The fraction of sp³-hybridized carbons (Fsp3) is 0.839. The van der Waals surface area contributed by atoms with Crippen molar-refractivity contribution in [3.05, 3.63) is 48.6 Å². The van der Waals surface area contributed by atoms with E-state index in [1.807, 2.05) is 0 Å². The highest BCUT2D eigenvalue weighted by molar-refractivity contribution is 5.76. The Labute approximate surface area is 423 Å². The van der Waals surface area contributed by atoms with Gasteiger partial charge in [0.05, 0.1) is 25.4 Å². The molecule has 0 rings (SSSR count).